The quantitative estimate of drug-likeness (QED) is 0.103. The summed E-state index contributed by atoms with van der Waals surface area (Å²) in [4.78, 5) is 25.7. The van der Waals surface area contributed by atoms with E-state index in [1.165, 1.54) is 39.0 Å². The molecule has 8 atom stereocenters. The summed E-state index contributed by atoms with van der Waals surface area (Å²) in [6.45, 7) is 13.4. The Balaban J connectivity index is 0.000000211. The molecule has 26 heteroatoms. The molecule has 2 aliphatic heterocycles. The second kappa shape index (κ2) is 24.3. The van der Waals surface area contributed by atoms with Crippen LogP contribution in [0.2, 0.25) is 10.0 Å². The Kier molecular flexibility index (Phi) is 18.5. The molecule has 8 rings (SSSR count). The summed E-state index contributed by atoms with van der Waals surface area (Å²) in [6, 6.07) is 10.5. The van der Waals surface area contributed by atoms with Crippen molar-refractivity contribution in [2.45, 2.75) is 100 Å². The van der Waals surface area contributed by atoms with Crippen LogP contribution in [-0.2, 0) is 59.6 Å². The van der Waals surface area contributed by atoms with E-state index in [2.05, 4.69) is 50.3 Å². The lowest BCUT2D eigenvalue weighted by atomic mass is 10.1. The molecule has 0 amide bonds. The van der Waals surface area contributed by atoms with Crippen molar-refractivity contribution < 1.29 is 45.3 Å². The molecular formula is C46H58Cl2N12O10S2. The van der Waals surface area contributed by atoms with Crippen molar-refractivity contribution in [3.05, 3.63) is 106 Å². The topological polar surface area (TPSA) is 262 Å². The van der Waals surface area contributed by atoms with E-state index in [0.717, 1.165) is 11.4 Å². The van der Waals surface area contributed by atoms with Crippen molar-refractivity contribution in [3.8, 4) is 23.0 Å². The third kappa shape index (κ3) is 13.0. The molecule has 8 heterocycles. The van der Waals surface area contributed by atoms with Crippen molar-refractivity contribution in [2.24, 2.45) is 0 Å². The first kappa shape index (κ1) is 54.7. The van der Waals surface area contributed by atoms with Gasteiger partial charge in [0.2, 0.25) is 0 Å². The maximum Gasteiger partial charge on any atom is 0.182 e. The van der Waals surface area contributed by atoms with Crippen LogP contribution in [0.3, 0.4) is 0 Å². The van der Waals surface area contributed by atoms with Crippen LogP contribution in [0.5, 0.6) is 0 Å². The van der Waals surface area contributed by atoms with Gasteiger partial charge in [0, 0.05) is 50.4 Å². The van der Waals surface area contributed by atoms with E-state index in [4.69, 9.17) is 51.6 Å². The van der Waals surface area contributed by atoms with E-state index < -0.39 is 42.4 Å². The fourth-order valence-corrected chi connectivity index (χ4v) is 11.3. The van der Waals surface area contributed by atoms with Crippen molar-refractivity contribution in [3.63, 3.8) is 0 Å². The summed E-state index contributed by atoms with van der Waals surface area (Å²) in [6.07, 6.45) is 3.23. The Hall–Kier alpha value is -5.02. The molecule has 2 saturated heterocycles. The highest BCUT2D eigenvalue weighted by Gasteiger charge is 2.38. The van der Waals surface area contributed by atoms with Crippen LogP contribution in [-0.4, -0.2) is 153 Å². The number of aryl methyl sites for hydroxylation is 2. The Morgan fingerprint density at radius 1 is 0.597 bits per heavy atom. The number of hydrogen-bond donors (Lipinski definition) is 0. The lowest BCUT2D eigenvalue weighted by Crippen LogP contribution is -2.36. The Morgan fingerprint density at radius 2 is 0.972 bits per heavy atom. The fourth-order valence-electron chi connectivity index (χ4n) is 8.24. The summed E-state index contributed by atoms with van der Waals surface area (Å²) in [7, 11) is -4.77. The summed E-state index contributed by atoms with van der Waals surface area (Å²) in [5.74, 6) is 1.17. The minimum absolute atomic E-state index is 0.227. The normalized spacial score (nSPS) is 19.1. The van der Waals surface area contributed by atoms with Gasteiger partial charge < -0.3 is 37.6 Å². The van der Waals surface area contributed by atoms with Gasteiger partial charge in [-0.2, -0.15) is 0 Å². The van der Waals surface area contributed by atoms with E-state index in [1.807, 2.05) is 64.1 Å². The first-order chi connectivity index (χ1) is 34.4. The number of hydrogen-bond acceptors (Lipinski definition) is 20. The zero-order valence-corrected chi connectivity index (χ0v) is 44.2. The zero-order valence-electron chi connectivity index (χ0n) is 41.1. The number of ether oxygens (including phenoxy) is 6. The fraction of sp³-hybridized carbons (Fsp3) is 0.522. The third-order valence-corrected chi connectivity index (χ3v) is 16.8. The zero-order chi connectivity index (χ0) is 51.7. The molecule has 6 aromatic rings. The average molecular weight is 1070 g/mol. The van der Waals surface area contributed by atoms with Gasteiger partial charge in [-0.3, -0.25) is 0 Å². The lowest BCUT2D eigenvalue weighted by Gasteiger charge is -2.30. The second-order valence-corrected chi connectivity index (χ2v) is 22.8. The van der Waals surface area contributed by atoms with E-state index in [-0.39, 0.29) is 59.1 Å². The largest absolute Gasteiger partial charge is 0.376 e. The highest BCUT2D eigenvalue weighted by atomic mass is 35.5. The molecule has 0 aromatic carbocycles. The summed E-state index contributed by atoms with van der Waals surface area (Å²) in [5.41, 5.74) is 2.79. The minimum atomic E-state index is -3.80. The standard InChI is InChI=1S/2C23H29ClN6O5S/c2*1-14-6-5-7-18(27-14)23-29-28-20(30(23)15(2)19-12-34-8-9-35-19)13-36(31,32)16(3)21(33-4)22-25-10-17(24)11-26-22/h2*5-7,10-11,15-16,19,21H,8-9,12-13H2,1-4H3/t15-,16+,19+,21+;15-,16+,19-,21+/m11/s1. The van der Waals surface area contributed by atoms with Crippen LogP contribution in [0, 0.1) is 13.8 Å². The smallest absolute Gasteiger partial charge is 0.182 e. The first-order valence-corrected chi connectivity index (χ1v) is 27.2. The molecule has 0 radical (unpaired) electrons. The van der Waals surface area contributed by atoms with Crippen molar-refractivity contribution in [1.82, 2.24) is 59.4 Å². The predicted octanol–water partition coefficient (Wildman–Crippen LogP) is 5.52. The van der Waals surface area contributed by atoms with E-state index in [1.54, 1.807) is 23.0 Å². The van der Waals surface area contributed by atoms with Gasteiger partial charge in [-0.1, -0.05) is 35.3 Å². The number of sulfone groups is 2. The second-order valence-electron chi connectivity index (χ2n) is 17.3. The Morgan fingerprint density at radius 3 is 1.29 bits per heavy atom. The predicted molar refractivity (Wildman–Crippen MR) is 264 cm³/mol. The molecule has 388 valence electrons. The lowest BCUT2D eigenvalue weighted by molar-refractivity contribution is -0.105. The van der Waals surface area contributed by atoms with Crippen LogP contribution < -0.4 is 0 Å². The Bertz CT molecular complexity index is 2760. The summed E-state index contributed by atoms with van der Waals surface area (Å²) < 4.78 is 91.9. The molecule has 0 bridgehead atoms. The Labute approximate surface area is 428 Å². The first-order valence-electron chi connectivity index (χ1n) is 23.0. The molecule has 2 fully saturated rings. The highest BCUT2D eigenvalue weighted by Crippen LogP contribution is 2.32. The van der Waals surface area contributed by atoms with Gasteiger partial charge in [0.15, 0.2) is 43.0 Å². The van der Waals surface area contributed by atoms with E-state index in [9.17, 15) is 16.8 Å². The van der Waals surface area contributed by atoms with Gasteiger partial charge in [0.1, 0.15) is 59.0 Å². The monoisotopic (exact) mass is 1070 g/mol. The minimum Gasteiger partial charge on any atom is -0.376 e. The molecule has 0 N–H and O–H groups in total. The number of methoxy groups -OCH3 is 2. The van der Waals surface area contributed by atoms with Gasteiger partial charge in [0.05, 0.1) is 72.3 Å². The molecule has 72 heavy (non-hydrogen) atoms. The number of halogens is 2. The summed E-state index contributed by atoms with van der Waals surface area (Å²) >= 11 is 11.8. The maximum atomic E-state index is 13.6. The number of nitrogens with zero attached hydrogens (tertiary/aromatic N) is 12. The van der Waals surface area contributed by atoms with E-state index >= 15 is 0 Å². The molecule has 22 nitrogen and oxygen atoms in total. The van der Waals surface area contributed by atoms with Gasteiger partial charge in [0.25, 0.3) is 0 Å². The molecule has 0 saturated carbocycles. The summed E-state index contributed by atoms with van der Waals surface area (Å²) in [5, 5.41) is 16.0. The van der Waals surface area contributed by atoms with Crippen molar-refractivity contribution in [2.75, 3.05) is 53.9 Å². The molecule has 0 unspecified atom stereocenters. The van der Waals surface area contributed by atoms with Crippen LogP contribution in [0.4, 0.5) is 0 Å². The van der Waals surface area contributed by atoms with Gasteiger partial charge in [-0.25, -0.2) is 46.7 Å². The number of pyridine rings is 2. The number of aromatic nitrogens is 12. The van der Waals surface area contributed by atoms with Crippen molar-refractivity contribution in [1.29, 1.82) is 0 Å². The third-order valence-electron chi connectivity index (χ3n) is 12.3. The van der Waals surface area contributed by atoms with E-state index in [0.29, 0.717) is 72.7 Å². The maximum absolute atomic E-state index is 13.6. The van der Waals surface area contributed by atoms with Crippen molar-refractivity contribution >= 4 is 42.9 Å². The molecule has 6 aromatic heterocycles. The van der Waals surface area contributed by atoms with Crippen LogP contribution in [0.15, 0.2) is 61.2 Å². The van der Waals surface area contributed by atoms with Crippen LogP contribution in [0.25, 0.3) is 23.0 Å². The molecular weight excluding hydrogens is 1020 g/mol. The highest BCUT2D eigenvalue weighted by molar-refractivity contribution is 7.91. The SMILES string of the molecule is CO[C@H](c1ncc(Cl)cn1)[C@H](C)S(=O)(=O)Cc1nnc(-c2cccc(C)n2)n1[C@H](C)[C@@H]1COCCO1.CO[C@H](c1ncc(Cl)cn1)[C@H](C)S(=O)(=O)Cc1nnc(-c2cccc(C)n2)n1[C@H](C)[C@H]1COCCO1. The average Bonchev–Trinajstić information content (AvgIpc) is 3.99. The molecule has 0 spiro atoms. The van der Waals surface area contributed by atoms with Gasteiger partial charge >= 0.3 is 0 Å². The van der Waals surface area contributed by atoms with Crippen LogP contribution in [0.1, 0.15) is 86.7 Å². The molecule has 0 aliphatic carbocycles. The number of rotatable bonds is 18. The van der Waals surface area contributed by atoms with Gasteiger partial charge in [-0.05, 0) is 65.8 Å². The van der Waals surface area contributed by atoms with Crippen LogP contribution >= 0.6 is 23.2 Å². The molecule has 2 aliphatic rings. The van der Waals surface area contributed by atoms with Gasteiger partial charge in [-0.15, -0.1) is 20.4 Å².